The second-order valence-electron chi connectivity index (χ2n) is 5.85. The molecule has 7 nitrogen and oxygen atoms in total. The van der Waals surface area contributed by atoms with Crippen LogP contribution in [-0.2, 0) is 0 Å². The lowest BCUT2D eigenvalue weighted by Crippen LogP contribution is -2.42. The van der Waals surface area contributed by atoms with Gasteiger partial charge in [0.1, 0.15) is 28.8 Å². The van der Waals surface area contributed by atoms with Gasteiger partial charge in [0.25, 0.3) is 5.91 Å². The minimum Gasteiger partial charge on any atom is -0.471 e. The van der Waals surface area contributed by atoms with Crippen LogP contribution < -0.4 is 9.64 Å². The minimum atomic E-state index is -0.205. The molecule has 3 aromatic heterocycles. The molecule has 1 unspecified atom stereocenters. The highest BCUT2D eigenvalue weighted by molar-refractivity contribution is 6.10. The van der Waals surface area contributed by atoms with Crippen LogP contribution in [0.3, 0.4) is 0 Å². The number of hydrogen-bond acceptors (Lipinski definition) is 6. The third-order valence-electron chi connectivity index (χ3n) is 4.02. The Morgan fingerprint density at radius 1 is 1.20 bits per heavy atom. The van der Waals surface area contributed by atoms with Gasteiger partial charge in [-0.15, -0.1) is 0 Å². The Morgan fingerprint density at radius 3 is 2.84 bits per heavy atom. The molecule has 126 valence electrons. The van der Waals surface area contributed by atoms with Gasteiger partial charge in [-0.2, -0.15) is 0 Å². The van der Waals surface area contributed by atoms with E-state index in [4.69, 9.17) is 9.26 Å². The fraction of sp³-hybridized carbons (Fsp3) is 0.222. The lowest BCUT2D eigenvalue weighted by Gasteiger charge is -2.32. The maximum atomic E-state index is 13.3. The van der Waals surface area contributed by atoms with Crippen LogP contribution in [-0.4, -0.2) is 33.7 Å². The Morgan fingerprint density at radius 2 is 2.04 bits per heavy atom. The number of anilines is 1. The number of carbonyl (C=O) groups is 1. The molecule has 1 aliphatic rings. The Balaban J connectivity index is 1.79. The van der Waals surface area contributed by atoms with Gasteiger partial charge >= 0.3 is 0 Å². The highest BCUT2D eigenvalue weighted by Crippen LogP contribution is 2.34. The van der Waals surface area contributed by atoms with Crippen molar-refractivity contribution in [2.24, 2.45) is 0 Å². The van der Waals surface area contributed by atoms with Crippen LogP contribution in [0.4, 0.5) is 5.69 Å². The summed E-state index contributed by atoms with van der Waals surface area (Å²) >= 11 is 0. The first-order valence-corrected chi connectivity index (χ1v) is 7.96. The van der Waals surface area contributed by atoms with Crippen molar-refractivity contribution in [3.63, 3.8) is 0 Å². The monoisotopic (exact) mass is 336 g/mol. The zero-order valence-corrected chi connectivity index (χ0v) is 13.8. The van der Waals surface area contributed by atoms with Crippen molar-refractivity contribution in [3.05, 3.63) is 54.0 Å². The van der Waals surface area contributed by atoms with E-state index in [2.05, 4.69) is 15.1 Å². The molecule has 0 bridgehead atoms. The Hall–Kier alpha value is -3.22. The predicted molar refractivity (Wildman–Crippen MR) is 90.5 cm³/mol. The first-order valence-electron chi connectivity index (χ1n) is 7.96. The molecule has 3 aromatic rings. The van der Waals surface area contributed by atoms with Crippen molar-refractivity contribution in [2.75, 3.05) is 11.4 Å². The van der Waals surface area contributed by atoms with Gasteiger partial charge in [0, 0.05) is 12.4 Å². The average Bonchev–Trinajstić information content (AvgIpc) is 3.02. The van der Waals surface area contributed by atoms with Crippen molar-refractivity contribution in [1.29, 1.82) is 0 Å². The van der Waals surface area contributed by atoms with Gasteiger partial charge in [-0.25, -0.2) is 4.98 Å². The molecule has 0 aliphatic carbocycles. The van der Waals surface area contributed by atoms with Crippen molar-refractivity contribution < 1.29 is 14.1 Å². The number of amides is 1. The SMILES string of the molecule is Cc1onc(-c2ccccn2)c1C(=O)N1CC(C)Oc2ncccc21. The Labute approximate surface area is 144 Å². The van der Waals surface area contributed by atoms with Gasteiger partial charge in [-0.1, -0.05) is 11.2 Å². The van der Waals surface area contributed by atoms with E-state index >= 15 is 0 Å². The minimum absolute atomic E-state index is 0.162. The van der Waals surface area contributed by atoms with E-state index in [0.29, 0.717) is 40.8 Å². The number of aryl methyl sites for hydroxylation is 1. The van der Waals surface area contributed by atoms with Gasteiger partial charge in [0.05, 0.1) is 12.2 Å². The Kier molecular flexibility index (Phi) is 3.68. The molecule has 25 heavy (non-hydrogen) atoms. The number of fused-ring (bicyclic) bond motifs is 1. The summed E-state index contributed by atoms with van der Waals surface area (Å²) in [6.45, 7) is 4.04. The molecule has 0 saturated carbocycles. The lowest BCUT2D eigenvalue weighted by atomic mass is 10.1. The largest absolute Gasteiger partial charge is 0.471 e. The van der Waals surface area contributed by atoms with E-state index < -0.39 is 0 Å². The smallest absolute Gasteiger partial charge is 0.264 e. The molecule has 0 radical (unpaired) electrons. The first kappa shape index (κ1) is 15.3. The van der Waals surface area contributed by atoms with E-state index in [1.54, 1.807) is 36.4 Å². The van der Waals surface area contributed by atoms with E-state index in [1.165, 1.54) is 0 Å². The van der Waals surface area contributed by atoms with Gasteiger partial charge in [0.15, 0.2) is 0 Å². The van der Waals surface area contributed by atoms with E-state index in [-0.39, 0.29) is 12.0 Å². The molecule has 0 N–H and O–H groups in total. The van der Waals surface area contributed by atoms with Crippen molar-refractivity contribution >= 4 is 11.6 Å². The van der Waals surface area contributed by atoms with Crippen LogP contribution >= 0.6 is 0 Å². The third kappa shape index (κ3) is 2.63. The predicted octanol–water partition coefficient (Wildman–Crippen LogP) is 2.87. The fourth-order valence-corrected chi connectivity index (χ4v) is 2.89. The van der Waals surface area contributed by atoms with E-state index in [9.17, 15) is 4.79 Å². The van der Waals surface area contributed by atoms with Crippen LogP contribution in [0.25, 0.3) is 11.4 Å². The van der Waals surface area contributed by atoms with Gasteiger partial charge < -0.3 is 9.26 Å². The number of ether oxygens (including phenoxy) is 1. The highest BCUT2D eigenvalue weighted by Gasteiger charge is 2.33. The van der Waals surface area contributed by atoms with Crippen LogP contribution in [0, 0.1) is 6.92 Å². The summed E-state index contributed by atoms with van der Waals surface area (Å²) < 4.78 is 11.0. The summed E-state index contributed by atoms with van der Waals surface area (Å²) in [7, 11) is 0. The average molecular weight is 336 g/mol. The molecule has 0 saturated heterocycles. The number of pyridine rings is 2. The van der Waals surface area contributed by atoms with Crippen LogP contribution in [0.2, 0.25) is 0 Å². The molecule has 0 aromatic carbocycles. The maximum Gasteiger partial charge on any atom is 0.264 e. The summed E-state index contributed by atoms with van der Waals surface area (Å²) in [5.41, 5.74) is 2.07. The van der Waals surface area contributed by atoms with Gasteiger partial charge in [0.2, 0.25) is 5.88 Å². The summed E-state index contributed by atoms with van der Waals surface area (Å²) in [5.74, 6) is 0.696. The molecule has 7 heteroatoms. The van der Waals surface area contributed by atoms with Gasteiger partial charge in [-0.05, 0) is 38.1 Å². The molecule has 1 atom stereocenters. The molecule has 4 heterocycles. The van der Waals surface area contributed by atoms with Crippen LogP contribution in [0.5, 0.6) is 5.88 Å². The maximum absolute atomic E-state index is 13.3. The summed E-state index contributed by atoms with van der Waals surface area (Å²) in [5, 5.41) is 4.05. The zero-order chi connectivity index (χ0) is 17.4. The summed E-state index contributed by atoms with van der Waals surface area (Å²) in [6, 6.07) is 9.04. The summed E-state index contributed by atoms with van der Waals surface area (Å²) in [4.78, 5) is 23.5. The standard InChI is InChI=1S/C18H16N4O3/c1-11-10-22(14-7-5-9-20-17(14)24-11)18(23)15-12(2)25-21-16(15)13-6-3-4-8-19-13/h3-9,11H,10H2,1-2H3. The fourth-order valence-electron chi connectivity index (χ4n) is 2.89. The molecule has 1 aliphatic heterocycles. The van der Waals surface area contributed by atoms with Crippen LogP contribution in [0.15, 0.2) is 47.2 Å². The van der Waals surface area contributed by atoms with Crippen molar-refractivity contribution in [3.8, 4) is 17.3 Å². The number of hydrogen-bond donors (Lipinski definition) is 0. The van der Waals surface area contributed by atoms with Gasteiger partial charge in [-0.3, -0.25) is 14.7 Å². The highest BCUT2D eigenvalue weighted by atomic mass is 16.5. The van der Waals surface area contributed by atoms with Crippen molar-refractivity contribution in [1.82, 2.24) is 15.1 Å². The number of carbonyl (C=O) groups excluding carboxylic acids is 1. The van der Waals surface area contributed by atoms with E-state index in [0.717, 1.165) is 0 Å². The third-order valence-corrected chi connectivity index (χ3v) is 4.02. The number of aromatic nitrogens is 3. The first-order chi connectivity index (χ1) is 12.1. The lowest BCUT2D eigenvalue weighted by molar-refractivity contribution is 0.0957. The van der Waals surface area contributed by atoms with E-state index in [1.807, 2.05) is 25.1 Å². The molecule has 0 spiro atoms. The zero-order valence-electron chi connectivity index (χ0n) is 13.8. The quantitative estimate of drug-likeness (QED) is 0.716. The molecule has 4 rings (SSSR count). The molecular weight excluding hydrogens is 320 g/mol. The molecule has 0 fully saturated rings. The molecular formula is C18H16N4O3. The second-order valence-corrected chi connectivity index (χ2v) is 5.85. The summed E-state index contributed by atoms with van der Waals surface area (Å²) in [6.07, 6.45) is 3.14. The topological polar surface area (TPSA) is 81.4 Å². The van der Waals surface area contributed by atoms with Crippen molar-refractivity contribution in [2.45, 2.75) is 20.0 Å². The Bertz CT molecular complexity index is 923. The molecule has 1 amide bonds. The number of rotatable bonds is 2. The number of nitrogens with zero attached hydrogens (tertiary/aromatic N) is 4. The van der Waals surface area contributed by atoms with Crippen LogP contribution in [0.1, 0.15) is 23.0 Å². The normalized spacial score (nSPS) is 16.2. The second kappa shape index (κ2) is 6.01.